The lowest BCUT2D eigenvalue weighted by Gasteiger charge is -2.31. The summed E-state index contributed by atoms with van der Waals surface area (Å²) in [5.41, 5.74) is 1.27. The van der Waals surface area contributed by atoms with Crippen LogP contribution in [0, 0.1) is 16.2 Å². The molecule has 0 spiro atoms. The lowest BCUT2D eigenvalue weighted by Crippen LogP contribution is -2.16. The zero-order chi connectivity index (χ0) is 16.2. The van der Waals surface area contributed by atoms with E-state index in [0.717, 1.165) is 0 Å². The van der Waals surface area contributed by atoms with Crippen molar-refractivity contribution in [2.24, 2.45) is 16.2 Å². The van der Waals surface area contributed by atoms with Gasteiger partial charge in [-0.05, 0) is 60.0 Å². The molecule has 2 heteroatoms. The molecule has 0 heterocycles. The van der Waals surface area contributed by atoms with Gasteiger partial charge in [0.25, 0.3) is 0 Å². The zero-order valence-electron chi connectivity index (χ0n) is 15.6. The van der Waals surface area contributed by atoms with Gasteiger partial charge in [-0.3, -0.25) is 0 Å². The molecule has 0 saturated carbocycles. The zero-order valence-corrected chi connectivity index (χ0v) is 17.3. The van der Waals surface area contributed by atoms with Gasteiger partial charge in [0.2, 0.25) is 0 Å². The van der Waals surface area contributed by atoms with Crippen molar-refractivity contribution in [3.05, 3.63) is 0 Å². The van der Waals surface area contributed by atoms with Crippen molar-refractivity contribution in [1.82, 2.24) is 0 Å². The first kappa shape index (κ1) is 20.6. The van der Waals surface area contributed by atoms with Gasteiger partial charge in [0, 0.05) is 0 Å². The fourth-order valence-corrected chi connectivity index (χ4v) is 6.68. The summed E-state index contributed by atoms with van der Waals surface area (Å²) < 4.78 is 0. The molecule has 0 amide bonds. The largest absolute Gasteiger partial charge is 0.0975 e. The summed E-state index contributed by atoms with van der Waals surface area (Å²) in [6.07, 6.45) is 7.78. The van der Waals surface area contributed by atoms with E-state index >= 15 is 0 Å². The van der Waals surface area contributed by atoms with Crippen molar-refractivity contribution in [2.45, 2.75) is 81.6 Å². The van der Waals surface area contributed by atoms with Crippen LogP contribution in [0.25, 0.3) is 0 Å². The highest BCUT2D eigenvalue weighted by Crippen LogP contribution is 2.52. The highest BCUT2D eigenvalue weighted by molar-refractivity contribution is 8.14. The molecule has 0 rings (SSSR count). The molecular weight excluding hydrogens is 279 g/mol. The van der Waals surface area contributed by atoms with Gasteiger partial charge < -0.3 is 0 Å². The minimum absolute atomic E-state index is 0.424. The van der Waals surface area contributed by atoms with Gasteiger partial charge in [-0.2, -0.15) is 0 Å². The molecule has 0 nitrogen and oxygen atoms in total. The average molecular weight is 319 g/mol. The number of hydrogen-bond donors (Lipinski definition) is 0. The Morgan fingerprint density at radius 3 is 0.900 bits per heavy atom. The molecule has 0 aromatic carbocycles. The van der Waals surface area contributed by atoms with E-state index in [4.69, 9.17) is 11.8 Å². The van der Waals surface area contributed by atoms with Crippen LogP contribution in [0.1, 0.15) is 81.6 Å². The van der Waals surface area contributed by atoms with Crippen LogP contribution in [-0.2, 0) is 11.8 Å². The fraction of sp³-hybridized carbons (Fsp3) is 1.00. The summed E-state index contributed by atoms with van der Waals surface area (Å²) in [6.45, 7) is 21.1. The van der Waals surface area contributed by atoms with Crippen LogP contribution in [0.4, 0.5) is 0 Å². The smallest absolute Gasteiger partial charge is 0.0230 e. The standard InChI is InChI=1S/C18H39PS/c1-16(2,3)10-13-19(20,14-11-17(4,5)6)15-12-18(7,8)9/h10-15H2,1-9H3. The summed E-state index contributed by atoms with van der Waals surface area (Å²) in [4.78, 5) is 0. The Balaban J connectivity index is 4.71. The van der Waals surface area contributed by atoms with Crippen LogP contribution in [0.5, 0.6) is 0 Å². The summed E-state index contributed by atoms with van der Waals surface area (Å²) in [7, 11) is 0. The van der Waals surface area contributed by atoms with Crippen molar-refractivity contribution >= 4 is 17.8 Å². The molecule has 0 aromatic rings. The Hall–Kier alpha value is 0.650. The van der Waals surface area contributed by atoms with E-state index in [0.29, 0.717) is 16.2 Å². The lowest BCUT2D eigenvalue weighted by atomic mass is 9.93. The summed E-state index contributed by atoms with van der Waals surface area (Å²) >= 11 is 6.22. The molecule has 0 aliphatic heterocycles. The van der Waals surface area contributed by atoms with Crippen LogP contribution in [0.3, 0.4) is 0 Å². The Morgan fingerprint density at radius 2 is 0.750 bits per heavy atom. The van der Waals surface area contributed by atoms with E-state index in [2.05, 4.69) is 62.3 Å². The van der Waals surface area contributed by atoms with Gasteiger partial charge in [0.15, 0.2) is 0 Å². The fourth-order valence-electron chi connectivity index (χ4n) is 1.95. The van der Waals surface area contributed by atoms with Gasteiger partial charge in [0.05, 0.1) is 0 Å². The van der Waals surface area contributed by atoms with E-state index in [1.165, 1.54) is 37.7 Å². The van der Waals surface area contributed by atoms with E-state index < -0.39 is 6.04 Å². The first-order valence-electron chi connectivity index (χ1n) is 8.19. The van der Waals surface area contributed by atoms with Gasteiger partial charge in [0.1, 0.15) is 0 Å². The van der Waals surface area contributed by atoms with E-state index in [1.54, 1.807) is 0 Å². The van der Waals surface area contributed by atoms with Crippen molar-refractivity contribution in [3.8, 4) is 0 Å². The molecule has 0 radical (unpaired) electrons. The molecule has 0 unspecified atom stereocenters. The Bertz CT molecular complexity index is 270. The Kier molecular flexibility index (Phi) is 7.51. The van der Waals surface area contributed by atoms with Crippen LogP contribution in [0.2, 0.25) is 0 Å². The minimum Gasteiger partial charge on any atom is -0.0975 e. The Labute approximate surface area is 134 Å². The monoisotopic (exact) mass is 318 g/mol. The highest BCUT2D eigenvalue weighted by Gasteiger charge is 2.25. The third-order valence-electron chi connectivity index (χ3n) is 3.81. The van der Waals surface area contributed by atoms with E-state index in [-0.39, 0.29) is 0 Å². The van der Waals surface area contributed by atoms with Gasteiger partial charge in [-0.1, -0.05) is 74.1 Å². The van der Waals surface area contributed by atoms with Crippen molar-refractivity contribution < 1.29 is 0 Å². The maximum Gasteiger partial charge on any atom is -0.0230 e. The van der Waals surface area contributed by atoms with Crippen molar-refractivity contribution in [3.63, 3.8) is 0 Å². The molecule has 122 valence electrons. The molecule has 0 aliphatic rings. The number of hydrogen-bond acceptors (Lipinski definition) is 1. The lowest BCUT2D eigenvalue weighted by molar-refractivity contribution is 0.389. The molecule has 0 aromatic heterocycles. The van der Waals surface area contributed by atoms with E-state index in [1.807, 2.05) is 0 Å². The third-order valence-corrected chi connectivity index (χ3v) is 8.57. The molecule has 0 N–H and O–H groups in total. The Morgan fingerprint density at radius 1 is 0.550 bits per heavy atom. The topological polar surface area (TPSA) is 0 Å². The summed E-state index contributed by atoms with van der Waals surface area (Å²) in [6, 6.07) is -1.18. The molecule has 20 heavy (non-hydrogen) atoms. The number of rotatable bonds is 6. The van der Waals surface area contributed by atoms with Crippen LogP contribution >= 0.6 is 6.04 Å². The molecule has 0 bridgehead atoms. The van der Waals surface area contributed by atoms with Crippen LogP contribution < -0.4 is 0 Å². The normalized spacial score (nSPS) is 14.7. The second-order valence-corrected chi connectivity index (χ2v) is 15.9. The highest BCUT2D eigenvalue weighted by atomic mass is 32.4. The predicted molar refractivity (Wildman–Crippen MR) is 101 cm³/mol. The molecular formula is C18H39PS. The maximum absolute atomic E-state index is 6.22. The van der Waals surface area contributed by atoms with Gasteiger partial charge >= 0.3 is 0 Å². The quantitative estimate of drug-likeness (QED) is 0.487. The average Bonchev–Trinajstić information content (AvgIpc) is 2.18. The predicted octanol–water partition coefficient (Wildman–Crippen LogP) is 6.77. The van der Waals surface area contributed by atoms with Crippen LogP contribution in [-0.4, -0.2) is 18.5 Å². The second-order valence-electron chi connectivity index (χ2n) is 10.2. The molecule has 0 aliphatic carbocycles. The third kappa shape index (κ3) is 12.4. The summed E-state index contributed by atoms with van der Waals surface area (Å²) in [5.74, 6) is 0. The molecule has 0 fully saturated rings. The van der Waals surface area contributed by atoms with Crippen LogP contribution in [0.15, 0.2) is 0 Å². The van der Waals surface area contributed by atoms with Gasteiger partial charge in [-0.25, -0.2) is 0 Å². The second kappa shape index (κ2) is 7.28. The van der Waals surface area contributed by atoms with E-state index in [9.17, 15) is 0 Å². The minimum atomic E-state index is -1.18. The SMILES string of the molecule is CC(C)(C)CCP(=S)(CCC(C)(C)C)CCC(C)(C)C. The first-order chi connectivity index (χ1) is 8.62. The first-order valence-corrected chi connectivity index (χ1v) is 11.5. The van der Waals surface area contributed by atoms with Gasteiger partial charge in [-0.15, -0.1) is 0 Å². The molecule has 0 saturated heterocycles. The molecule has 0 atom stereocenters. The maximum atomic E-state index is 6.22. The van der Waals surface area contributed by atoms with Crippen molar-refractivity contribution in [1.29, 1.82) is 0 Å². The van der Waals surface area contributed by atoms with Crippen molar-refractivity contribution in [2.75, 3.05) is 18.5 Å². The summed E-state index contributed by atoms with van der Waals surface area (Å²) in [5, 5.41) is 0.